The fraction of sp³-hybridized carbons (Fsp3) is 0.250. The van der Waals surface area contributed by atoms with Crippen LogP contribution in [0.4, 0.5) is 0 Å². The second-order valence-electron chi connectivity index (χ2n) is 3.45. The summed E-state index contributed by atoms with van der Waals surface area (Å²) in [4.78, 5) is 22.7. The summed E-state index contributed by atoms with van der Waals surface area (Å²) >= 11 is 0. The van der Waals surface area contributed by atoms with Crippen LogP contribution in [0.3, 0.4) is 0 Å². The number of esters is 1. The number of fused-ring (bicyclic) bond motifs is 1. The van der Waals surface area contributed by atoms with Crippen LogP contribution in [0, 0.1) is 0 Å². The van der Waals surface area contributed by atoms with Crippen LogP contribution in [0.25, 0.3) is 11.0 Å². The first-order chi connectivity index (χ1) is 8.22. The van der Waals surface area contributed by atoms with Crippen LogP contribution in [0.15, 0.2) is 28.8 Å². The summed E-state index contributed by atoms with van der Waals surface area (Å²) in [5, 5.41) is 4.52. The molecular formula is C12H11NO4. The Morgan fingerprint density at radius 3 is 2.88 bits per heavy atom. The van der Waals surface area contributed by atoms with Crippen molar-refractivity contribution in [3.63, 3.8) is 0 Å². The number of carbonyl (C=O) groups is 2. The topological polar surface area (TPSA) is 69.4 Å². The van der Waals surface area contributed by atoms with Gasteiger partial charge in [-0.3, -0.25) is 4.79 Å². The lowest BCUT2D eigenvalue weighted by atomic mass is 10.1. The van der Waals surface area contributed by atoms with E-state index in [0.717, 1.165) is 5.39 Å². The van der Waals surface area contributed by atoms with Crippen molar-refractivity contribution in [3.05, 3.63) is 30.0 Å². The van der Waals surface area contributed by atoms with E-state index in [2.05, 4.69) is 9.89 Å². The summed E-state index contributed by atoms with van der Waals surface area (Å²) in [6.07, 6.45) is -0.101. The van der Waals surface area contributed by atoms with Crippen molar-refractivity contribution in [1.82, 2.24) is 5.16 Å². The number of hydrogen-bond acceptors (Lipinski definition) is 5. The molecule has 5 nitrogen and oxygen atoms in total. The highest BCUT2D eigenvalue weighted by molar-refractivity contribution is 6.34. The van der Waals surface area contributed by atoms with E-state index in [9.17, 15) is 9.59 Å². The monoisotopic (exact) mass is 233 g/mol. The van der Waals surface area contributed by atoms with E-state index < -0.39 is 11.8 Å². The number of hydrogen-bond donors (Lipinski definition) is 0. The van der Waals surface area contributed by atoms with Crippen molar-refractivity contribution in [2.75, 3.05) is 6.61 Å². The van der Waals surface area contributed by atoms with Crippen LogP contribution in [0.2, 0.25) is 0 Å². The van der Waals surface area contributed by atoms with Gasteiger partial charge in [0.1, 0.15) is 0 Å². The molecule has 0 bridgehead atoms. The van der Waals surface area contributed by atoms with E-state index in [4.69, 9.17) is 4.52 Å². The summed E-state index contributed by atoms with van der Waals surface area (Å²) in [7, 11) is 0. The minimum atomic E-state index is -0.834. The number of para-hydroxylation sites is 1. The number of Topliss-reactive ketones (excluding diaryl/α,β-unsaturated/α-hetero) is 1. The summed E-state index contributed by atoms with van der Waals surface area (Å²) in [5.74, 6) is -1.45. The van der Waals surface area contributed by atoms with Gasteiger partial charge < -0.3 is 9.26 Å². The summed E-state index contributed by atoms with van der Waals surface area (Å²) in [5.41, 5.74) is 1.05. The molecular weight excluding hydrogens is 222 g/mol. The van der Waals surface area contributed by atoms with Crippen molar-refractivity contribution >= 4 is 22.7 Å². The highest BCUT2D eigenvalue weighted by Gasteiger charge is 2.19. The smallest absolute Gasteiger partial charge is 0.375 e. The normalized spacial score (nSPS) is 10.4. The SMILES string of the molecule is CCOC(=O)C(=O)Cc1noc2ccccc12. The third kappa shape index (κ3) is 2.33. The molecule has 2 aromatic rings. The number of ether oxygens (including phenoxy) is 1. The maximum atomic E-state index is 11.5. The summed E-state index contributed by atoms with van der Waals surface area (Å²) in [6.45, 7) is 1.83. The van der Waals surface area contributed by atoms with Crippen LogP contribution in [0.5, 0.6) is 0 Å². The number of carbonyl (C=O) groups excluding carboxylic acids is 2. The van der Waals surface area contributed by atoms with Crippen molar-refractivity contribution < 1.29 is 18.8 Å². The lowest BCUT2D eigenvalue weighted by Crippen LogP contribution is -2.19. The van der Waals surface area contributed by atoms with E-state index in [0.29, 0.717) is 11.3 Å². The molecule has 0 amide bonds. The van der Waals surface area contributed by atoms with Gasteiger partial charge in [-0.25, -0.2) is 4.79 Å². The van der Waals surface area contributed by atoms with Gasteiger partial charge in [0.05, 0.1) is 18.7 Å². The number of aromatic nitrogens is 1. The Balaban J connectivity index is 2.19. The minimum absolute atomic E-state index is 0.101. The van der Waals surface area contributed by atoms with Gasteiger partial charge in [-0.2, -0.15) is 0 Å². The molecule has 0 fully saturated rings. The molecule has 0 aliphatic heterocycles. The lowest BCUT2D eigenvalue weighted by Gasteiger charge is -1.98. The molecule has 1 heterocycles. The van der Waals surface area contributed by atoms with E-state index in [1.807, 2.05) is 12.1 Å². The van der Waals surface area contributed by atoms with Gasteiger partial charge in [0, 0.05) is 5.39 Å². The lowest BCUT2D eigenvalue weighted by molar-refractivity contribution is -0.153. The van der Waals surface area contributed by atoms with Crippen molar-refractivity contribution in [2.24, 2.45) is 0 Å². The standard InChI is InChI=1S/C12H11NO4/c1-2-16-12(15)10(14)7-9-8-5-3-4-6-11(8)17-13-9/h3-6H,2,7H2,1H3. The Kier molecular flexibility index (Phi) is 3.18. The maximum absolute atomic E-state index is 11.5. The first kappa shape index (κ1) is 11.3. The summed E-state index contributed by atoms with van der Waals surface area (Å²) < 4.78 is 9.65. The summed E-state index contributed by atoms with van der Waals surface area (Å²) in [6, 6.07) is 7.17. The van der Waals surface area contributed by atoms with E-state index >= 15 is 0 Å². The van der Waals surface area contributed by atoms with Gasteiger partial charge in [-0.15, -0.1) is 0 Å². The molecule has 0 spiro atoms. The molecule has 0 aliphatic rings. The van der Waals surface area contributed by atoms with Crippen LogP contribution in [-0.4, -0.2) is 23.5 Å². The Bertz CT molecular complexity index is 558. The van der Waals surface area contributed by atoms with E-state index in [1.165, 1.54) is 0 Å². The van der Waals surface area contributed by atoms with Crippen molar-refractivity contribution in [1.29, 1.82) is 0 Å². The van der Waals surface area contributed by atoms with Gasteiger partial charge in [-0.1, -0.05) is 17.3 Å². The van der Waals surface area contributed by atoms with Gasteiger partial charge in [-0.05, 0) is 19.1 Å². The van der Waals surface area contributed by atoms with Crippen molar-refractivity contribution in [3.8, 4) is 0 Å². The van der Waals surface area contributed by atoms with Gasteiger partial charge in [0.2, 0.25) is 5.78 Å². The van der Waals surface area contributed by atoms with Gasteiger partial charge in [0.25, 0.3) is 0 Å². The zero-order valence-electron chi connectivity index (χ0n) is 9.30. The fourth-order valence-corrected chi connectivity index (χ4v) is 1.50. The molecule has 0 saturated carbocycles. The first-order valence-electron chi connectivity index (χ1n) is 5.25. The molecule has 0 saturated heterocycles. The highest BCUT2D eigenvalue weighted by Crippen LogP contribution is 2.18. The number of benzene rings is 1. The van der Waals surface area contributed by atoms with E-state index in [-0.39, 0.29) is 13.0 Å². The van der Waals surface area contributed by atoms with Gasteiger partial charge in [0.15, 0.2) is 5.58 Å². The zero-order valence-corrected chi connectivity index (χ0v) is 9.30. The molecule has 1 aromatic carbocycles. The molecule has 0 unspecified atom stereocenters. The second kappa shape index (κ2) is 4.78. The number of nitrogens with zero attached hydrogens (tertiary/aromatic N) is 1. The quantitative estimate of drug-likeness (QED) is 0.591. The minimum Gasteiger partial charge on any atom is -0.460 e. The molecule has 0 atom stereocenters. The zero-order chi connectivity index (χ0) is 12.3. The molecule has 0 N–H and O–H groups in total. The molecule has 0 aliphatic carbocycles. The number of rotatable bonds is 4. The molecule has 17 heavy (non-hydrogen) atoms. The second-order valence-corrected chi connectivity index (χ2v) is 3.45. The van der Waals surface area contributed by atoms with Gasteiger partial charge >= 0.3 is 5.97 Å². The highest BCUT2D eigenvalue weighted by atomic mass is 16.5. The largest absolute Gasteiger partial charge is 0.460 e. The number of ketones is 1. The van der Waals surface area contributed by atoms with Crippen LogP contribution >= 0.6 is 0 Å². The molecule has 88 valence electrons. The predicted molar refractivity (Wildman–Crippen MR) is 59.4 cm³/mol. The molecule has 1 aromatic heterocycles. The first-order valence-corrected chi connectivity index (χ1v) is 5.25. The molecule has 0 radical (unpaired) electrons. The Morgan fingerprint density at radius 1 is 1.35 bits per heavy atom. The maximum Gasteiger partial charge on any atom is 0.375 e. The molecule has 2 rings (SSSR count). The molecule has 5 heteroatoms. The fourth-order valence-electron chi connectivity index (χ4n) is 1.50. The van der Waals surface area contributed by atoms with E-state index in [1.54, 1.807) is 19.1 Å². The van der Waals surface area contributed by atoms with Crippen LogP contribution in [0.1, 0.15) is 12.6 Å². The Labute approximate surface area is 97.3 Å². The third-order valence-electron chi connectivity index (χ3n) is 2.28. The Morgan fingerprint density at radius 2 is 2.12 bits per heavy atom. The average molecular weight is 233 g/mol. The van der Waals surface area contributed by atoms with Crippen LogP contribution < -0.4 is 0 Å². The average Bonchev–Trinajstić information content (AvgIpc) is 2.73. The van der Waals surface area contributed by atoms with Crippen LogP contribution in [-0.2, 0) is 20.7 Å². The predicted octanol–water partition coefficient (Wildman–Crippen LogP) is 1.50. The third-order valence-corrected chi connectivity index (χ3v) is 2.28. The van der Waals surface area contributed by atoms with Crippen molar-refractivity contribution in [2.45, 2.75) is 13.3 Å². The Hall–Kier alpha value is -2.17.